The van der Waals surface area contributed by atoms with Crippen molar-refractivity contribution in [1.29, 1.82) is 0 Å². The number of ether oxygens (including phenoxy) is 1. The van der Waals surface area contributed by atoms with Crippen LogP contribution in [0.4, 0.5) is 0 Å². The number of nitrogens with zero attached hydrogens (tertiary/aromatic N) is 1. The van der Waals surface area contributed by atoms with E-state index in [0.717, 1.165) is 18.6 Å². The minimum atomic E-state index is -0.823. The molecule has 0 aromatic heterocycles. The lowest BCUT2D eigenvalue weighted by molar-refractivity contribution is -0.141. The number of hydrogen-bond donors (Lipinski definition) is 1. The van der Waals surface area contributed by atoms with Crippen LogP contribution in [-0.2, 0) is 4.79 Å². The highest BCUT2D eigenvalue weighted by atomic mass is 16.5. The maximum atomic E-state index is 12.4. The molecule has 5 nitrogen and oxygen atoms in total. The van der Waals surface area contributed by atoms with Gasteiger partial charge in [0.25, 0.3) is 5.91 Å². The molecule has 5 heteroatoms. The zero-order valence-electron chi connectivity index (χ0n) is 13.2. The highest BCUT2D eigenvalue weighted by molar-refractivity contribution is 5.94. The number of carboxylic acids is 1. The van der Waals surface area contributed by atoms with E-state index in [1.54, 1.807) is 17.0 Å². The van der Waals surface area contributed by atoms with Crippen LogP contribution in [0.25, 0.3) is 0 Å². The first kappa shape index (κ1) is 15.8. The summed E-state index contributed by atoms with van der Waals surface area (Å²) in [4.78, 5) is 25.0. The Morgan fingerprint density at radius 2 is 1.74 bits per heavy atom. The molecule has 0 radical (unpaired) electrons. The Bertz CT molecular complexity index is 563. The molecule has 1 saturated carbocycles. The molecule has 0 unspecified atom stereocenters. The van der Waals surface area contributed by atoms with Crippen molar-refractivity contribution in [2.45, 2.75) is 44.6 Å². The summed E-state index contributed by atoms with van der Waals surface area (Å²) >= 11 is 0. The van der Waals surface area contributed by atoms with Gasteiger partial charge >= 0.3 is 5.97 Å². The maximum absolute atomic E-state index is 12.4. The van der Waals surface area contributed by atoms with Crippen molar-refractivity contribution < 1.29 is 19.4 Å². The molecule has 1 aromatic rings. The van der Waals surface area contributed by atoms with Crippen LogP contribution in [0, 0.1) is 5.92 Å². The van der Waals surface area contributed by atoms with Crippen molar-refractivity contribution in [3.8, 4) is 5.75 Å². The smallest absolute Gasteiger partial charge is 0.308 e. The molecule has 124 valence electrons. The molecule has 1 amide bonds. The lowest BCUT2D eigenvalue weighted by Crippen LogP contribution is -2.29. The highest BCUT2D eigenvalue weighted by Gasteiger charge is 2.31. The van der Waals surface area contributed by atoms with Gasteiger partial charge in [-0.15, -0.1) is 0 Å². The SMILES string of the molecule is O=C(O)[C@@H]1CCN(C(=O)c2ccc(OC3CCCCC3)cc2)C1. The average Bonchev–Trinajstić information content (AvgIpc) is 3.06. The number of carbonyl (C=O) groups is 2. The molecule has 1 N–H and O–H groups in total. The third kappa shape index (κ3) is 3.84. The lowest BCUT2D eigenvalue weighted by atomic mass is 9.98. The molecular weight excluding hydrogens is 294 g/mol. The van der Waals surface area contributed by atoms with Gasteiger partial charge in [-0.25, -0.2) is 0 Å². The first-order valence-corrected chi connectivity index (χ1v) is 8.42. The second-order valence-corrected chi connectivity index (χ2v) is 6.48. The Morgan fingerprint density at radius 3 is 2.35 bits per heavy atom. The standard InChI is InChI=1S/C18H23NO4/c20-17(19-11-10-14(12-19)18(21)22)13-6-8-16(9-7-13)23-15-4-2-1-3-5-15/h6-9,14-15H,1-5,10-12H2,(H,21,22)/t14-/m1/s1. The van der Waals surface area contributed by atoms with E-state index in [4.69, 9.17) is 9.84 Å². The molecule has 1 aromatic carbocycles. The first-order valence-electron chi connectivity index (χ1n) is 8.42. The van der Waals surface area contributed by atoms with Gasteiger partial charge in [0.05, 0.1) is 12.0 Å². The van der Waals surface area contributed by atoms with E-state index in [-0.39, 0.29) is 5.91 Å². The molecule has 2 aliphatic rings. The van der Waals surface area contributed by atoms with E-state index < -0.39 is 11.9 Å². The van der Waals surface area contributed by atoms with E-state index in [0.29, 0.717) is 31.2 Å². The summed E-state index contributed by atoms with van der Waals surface area (Å²) in [5.41, 5.74) is 0.590. The lowest BCUT2D eigenvalue weighted by Gasteiger charge is -2.23. The van der Waals surface area contributed by atoms with Gasteiger partial charge in [-0.3, -0.25) is 9.59 Å². The number of carboxylic acid groups (broad SMARTS) is 1. The molecule has 0 bridgehead atoms. The van der Waals surface area contributed by atoms with Crippen molar-refractivity contribution in [2.24, 2.45) is 5.92 Å². The number of carbonyl (C=O) groups excluding carboxylic acids is 1. The van der Waals surface area contributed by atoms with Crippen LogP contribution in [0.5, 0.6) is 5.75 Å². The monoisotopic (exact) mass is 317 g/mol. The molecule has 2 fully saturated rings. The van der Waals surface area contributed by atoms with Crippen molar-refractivity contribution in [2.75, 3.05) is 13.1 Å². The van der Waals surface area contributed by atoms with E-state index >= 15 is 0 Å². The Hall–Kier alpha value is -2.04. The summed E-state index contributed by atoms with van der Waals surface area (Å²) in [6.07, 6.45) is 6.77. The molecule has 1 saturated heterocycles. The van der Waals surface area contributed by atoms with Gasteiger partial charge < -0.3 is 14.7 Å². The van der Waals surface area contributed by atoms with Crippen LogP contribution in [-0.4, -0.2) is 41.1 Å². The summed E-state index contributed by atoms with van der Waals surface area (Å²) < 4.78 is 5.96. The molecule has 23 heavy (non-hydrogen) atoms. The molecule has 1 heterocycles. The van der Waals surface area contributed by atoms with Gasteiger partial charge in [-0.2, -0.15) is 0 Å². The van der Waals surface area contributed by atoms with Crippen LogP contribution >= 0.6 is 0 Å². The summed E-state index contributed by atoms with van der Waals surface area (Å²) in [5.74, 6) is -0.555. The van der Waals surface area contributed by atoms with Crippen molar-refractivity contribution in [3.05, 3.63) is 29.8 Å². The average molecular weight is 317 g/mol. The Morgan fingerprint density at radius 1 is 1.04 bits per heavy atom. The van der Waals surface area contributed by atoms with Gasteiger partial charge in [0.2, 0.25) is 0 Å². The van der Waals surface area contributed by atoms with Crippen LogP contribution in [0.15, 0.2) is 24.3 Å². The van der Waals surface area contributed by atoms with Gasteiger partial charge in [0, 0.05) is 18.7 Å². The zero-order valence-corrected chi connectivity index (χ0v) is 13.2. The predicted octanol–water partition coefficient (Wildman–Crippen LogP) is 2.94. The Labute approximate surface area is 136 Å². The quantitative estimate of drug-likeness (QED) is 0.927. The second-order valence-electron chi connectivity index (χ2n) is 6.48. The van der Waals surface area contributed by atoms with Crippen LogP contribution < -0.4 is 4.74 Å². The summed E-state index contributed by atoms with van der Waals surface area (Å²) in [6, 6.07) is 7.22. The third-order valence-corrected chi connectivity index (χ3v) is 4.78. The fraction of sp³-hybridized carbons (Fsp3) is 0.556. The topological polar surface area (TPSA) is 66.8 Å². The van der Waals surface area contributed by atoms with Gasteiger partial charge in [0.1, 0.15) is 5.75 Å². The first-order chi connectivity index (χ1) is 11.1. The Kier molecular flexibility index (Phi) is 4.84. The number of hydrogen-bond acceptors (Lipinski definition) is 3. The normalized spacial score (nSPS) is 22.1. The van der Waals surface area contributed by atoms with Crippen molar-refractivity contribution >= 4 is 11.9 Å². The van der Waals surface area contributed by atoms with Gasteiger partial charge in [-0.05, 0) is 56.4 Å². The number of rotatable bonds is 4. The van der Waals surface area contributed by atoms with Crippen molar-refractivity contribution in [3.63, 3.8) is 0 Å². The van der Waals surface area contributed by atoms with E-state index in [1.807, 2.05) is 12.1 Å². The second kappa shape index (κ2) is 7.02. The molecule has 0 spiro atoms. The fourth-order valence-electron chi connectivity index (χ4n) is 3.38. The van der Waals surface area contributed by atoms with E-state index in [9.17, 15) is 9.59 Å². The third-order valence-electron chi connectivity index (χ3n) is 4.78. The van der Waals surface area contributed by atoms with E-state index in [1.165, 1.54) is 19.3 Å². The zero-order chi connectivity index (χ0) is 16.2. The predicted molar refractivity (Wildman–Crippen MR) is 85.6 cm³/mol. The Balaban J connectivity index is 1.58. The van der Waals surface area contributed by atoms with Gasteiger partial charge in [0.15, 0.2) is 0 Å². The van der Waals surface area contributed by atoms with Gasteiger partial charge in [-0.1, -0.05) is 6.42 Å². The van der Waals surface area contributed by atoms with Crippen LogP contribution in [0.3, 0.4) is 0 Å². The largest absolute Gasteiger partial charge is 0.490 e. The van der Waals surface area contributed by atoms with E-state index in [2.05, 4.69) is 0 Å². The highest BCUT2D eigenvalue weighted by Crippen LogP contribution is 2.24. The molecule has 3 rings (SSSR count). The molecule has 1 atom stereocenters. The van der Waals surface area contributed by atoms with Crippen molar-refractivity contribution in [1.82, 2.24) is 4.90 Å². The number of amides is 1. The van der Waals surface area contributed by atoms with Crippen LogP contribution in [0.1, 0.15) is 48.9 Å². The molecular formula is C18H23NO4. The molecule has 1 aliphatic carbocycles. The number of aliphatic carboxylic acids is 1. The minimum Gasteiger partial charge on any atom is -0.490 e. The fourth-order valence-corrected chi connectivity index (χ4v) is 3.38. The number of benzene rings is 1. The number of likely N-dealkylation sites (tertiary alicyclic amines) is 1. The minimum absolute atomic E-state index is 0.0991. The summed E-state index contributed by atoms with van der Waals surface area (Å²) in [6.45, 7) is 0.810. The summed E-state index contributed by atoms with van der Waals surface area (Å²) in [5, 5.41) is 9.02. The molecule has 1 aliphatic heterocycles. The van der Waals surface area contributed by atoms with Crippen LogP contribution in [0.2, 0.25) is 0 Å². The maximum Gasteiger partial charge on any atom is 0.308 e. The summed E-state index contributed by atoms with van der Waals surface area (Å²) in [7, 11) is 0.